The van der Waals surface area contributed by atoms with Crippen molar-refractivity contribution < 1.29 is 9.59 Å². The molecule has 0 bridgehead atoms. The molecule has 0 spiro atoms. The highest BCUT2D eigenvalue weighted by atomic mass is 16.2. The second-order valence-electron chi connectivity index (χ2n) is 4.73. The minimum absolute atomic E-state index is 0.0301. The van der Waals surface area contributed by atoms with Crippen molar-refractivity contribution in [3.05, 3.63) is 0 Å². The van der Waals surface area contributed by atoms with Gasteiger partial charge in [-0.25, -0.2) is 0 Å². The fraction of sp³-hybridized carbons (Fsp3) is 0.818. The van der Waals surface area contributed by atoms with Crippen LogP contribution in [0.15, 0.2) is 0 Å². The molecule has 16 heavy (non-hydrogen) atoms. The highest BCUT2D eigenvalue weighted by Gasteiger charge is 2.27. The van der Waals surface area contributed by atoms with Gasteiger partial charge < -0.3 is 16.0 Å². The predicted octanol–water partition coefficient (Wildman–Crippen LogP) is -0.292. The lowest BCUT2D eigenvalue weighted by atomic mass is 10.1. The van der Waals surface area contributed by atoms with Crippen molar-refractivity contribution in [2.75, 3.05) is 19.6 Å². The van der Waals surface area contributed by atoms with E-state index in [-0.39, 0.29) is 18.5 Å². The van der Waals surface area contributed by atoms with Crippen LogP contribution in [0, 0.1) is 5.92 Å². The smallest absolute Gasteiger partial charge is 0.237 e. The molecular formula is C11H21N3O2. The van der Waals surface area contributed by atoms with E-state index in [0.717, 1.165) is 19.5 Å². The molecule has 0 radical (unpaired) electrons. The summed E-state index contributed by atoms with van der Waals surface area (Å²) in [6, 6.07) is 0.124. The number of nitrogens with one attached hydrogen (secondary N) is 1. The van der Waals surface area contributed by atoms with E-state index in [1.54, 1.807) is 4.90 Å². The highest BCUT2D eigenvalue weighted by molar-refractivity contribution is 5.84. The standard InChI is InChI=1S/C11H21N3O2/c1-8(2)5-11(16)14(7-10(12)15)9-3-4-13-6-9/h8-9,13H,3-7H2,1-2H3,(H2,12,15). The number of carbonyl (C=O) groups excluding carboxylic acids is 2. The van der Waals surface area contributed by atoms with Crippen molar-refractivity contribution in [2.24, 2.45) is 11.7 Å². The molecule has 1 aliphatic heterocycles. The van der Waals surface area contributed by atoms with Gasteiger partial charge in [0.05, 0.1) is 6.54 Å². The summed E-state index contributed by atoms with van der Waals surface area (Å²) in [5.74, 6) is -0.108. The van der Waals surface area contributed by atoms with E-state index in [1.807, 2.05) is 13.8 Å². The SMILES string of the molecule is CC(C)CC(=O)N(CC(N)=O)C1CCNC1. The van der Waals surface area contributed by atoms with Gasteiger partial charge in [0, 0.05) is 19.0 Å². The maximum Gasteiger partial charge on any atom is 0.237 e. The van der Waals surface area contributed by atoms with Crippen LogP contribution < -0.4 is 11.1 Å². The zero-order valence-corrected chi connectivity index (χ0v) is 10.0. The summed E-state index contributed by atoms with van der Waals surface area (Å²) in [5.41, 5.74) is 5.18. The molecule has 92 valence electrons. The average Bonchev–Trinajstić information content (AvgIpc) is 2.64. The van der Waals surface area contributed by atoms with E-state index in [1.165, 1.54) is 0 Å². The third-order valence-electron chi connectivity index (χ3n) is 2.70. The van der Waals surface area contributed by atoms with Crippen molar-refractivity contribution in [3.63, 3.8) is 0 Å². The summed E-state index contributed by atoms with van der Waals surface area (Å²) in [5, 5.41) is 3.19. The number of rotatable bonds is 5. The molecule has 1 heterocycles. The Labute approximate surface area is 96.4 Å². The Morgan fingerprint density at radius 2 is 2.19 bits per heavy atom. The Bertz CT molecular complexity index is 260. The zero-order chi connectivity index (χ0) is 12.1. The average molecular weight is 227 g/mol. The van der Waals surface area contributed by atoms with E-state index in [4.69, 9.17) is 5.73 Å². The van der Waals surface area contributed by atoms with Crippen LogP contribution in [0.1, 0.15) is 26.7 Å². The Morgan fingerprint density at radius 1 is 1.50 bits per heavy atom. The summed E-state index contributed by atoms with van der Waals surface area (Å²) in [6.45, 7) is 5.68. The van der Waals surface area contributed by atoms with E-state index in [0.29, 0.717) is 12.3 Å². The number of nitrogens with two attached hydrogens (primary N) is 1. The van der Waals surface area contributed by atoms with Gasteiger partial charge in [-0.3, -0.25) is 9.59 Å². The number of amides is 2. The lowest BCUT2D eigenvalue weighted by Gasteiger charge is -2.28. The molecule has 0 saturated carbocycles. The third kappa shape index (κ3) is 3.81. The van der Waals surface area contributed by atoms with Gasteiger partial charge in [0.1, 0.15) is 0 Å². The predicted molar refractivity (Wildman–Crippen MR) is 61.6 cm³/mol. The second kappa shape index (κ2) is 5.84. The fourth-order valence-corrected chi connectivity index (χ4v) is 1.96. The molecule has 3 N–H and O–H groups in total. The van der Waals surface area contributed by atoms with Crippen LogP contribution in [0.3, 0.4) is 0 Å². The third-order valence-corrected chi connectivity index (χ3v) is 2.70. The summed E-state index contributed by atoms with van der Waals surface area (Å²) in [6.07, 6.45) is 1.38. The molecule has 1 saturated heterocycles. The van der Waals surface area contributed by atoms with Crippen molar-refractivity contribution in [1.82, 2.24) is 10.2 Å². The topological polar surface area (TPSA) is 75.4 Å². The van der Waals surface area contributed by atoms with Crippen LogP contribution >= 0.6 is 0 Å². The molecule has 1 aliphatic rings. The summed E-state index contributed by atoms with van der Waals surface area (Å²) in [4.78, 5) is 24.6. The first-order chi connectivity index (χ1) is 7.50. The highest BCUT2D eigenvalue weighted by Crippen LogP contribution is 2.12. The van der Waals surface area contributed by atoms with Crippen LogP contribution in [0.2, 0.25) is 0 Å². The summed E-state index contributed by atoms with van der Waals surface area (Å²) >= 11 is 0. The summed E-state index contributed by atoms with van der Waals surface area (Å²) < 4.78 is 0. The minimum Gasteiger partial charge on any atom is -0.368 e. The lowest BCUT2D eigenvalue weighted by Crippen LogP contribution is -2.46. The van der Waals surface area contributed by atoms with Crippen LogP contribution in [0.5, 0.6) is 0 Å². The number of carbonyl (C=O) groups is 2. The first kappa shape index (κ1) is 13.0. The molecule has 1 unspecified atom stereocenters. The Hall–Kier alpha value is -1.10. The van der Waals surface area contributed by atoms with E-state index >= 15 is 0 Å². The van der Waals surface area contributed by atoms with Gasteiger partial charge in [-0.05, 0) is 18.9 Å². The number of nitrogens with zero attached hydrogens (tertiary/aromatic N) is 1. The molecule has 1 atom stereocenters. The quantitative estimate of drug-likeness (QED) is 0.677. The molecular weight excluding hydrogens is 206 g/mol. The first-order valence-electron chi connectivity index (χ1n) is 5.79. The molecule has 5 heteroatoms. The molecule has 1 rings (SSSR count). The second-order valence-corrected chi connectivity index (χ2v) is 4.73. The molecule has 0 aliphatic carbocycles. The largest absolute Gasteiger partial charge is 0.368 e. The van der Waals surface area contributed by atoms with Gasteiger partial charge in [-0.2, -0.15) is 0 Å². The molecule has 5 nitrogen and oxygen atoms in total. The molecule has 1 fully saturated rings. The van der Waals surface area contributed by atoms with E-state index in [2.05, 4.69) is 5.32 Å². The van der Waals surface area contributed by atoms with Crippen LogP contribution in [0.25, 0.3) is 0 Å². The monoisotopic (exact) mass is 227 g/mol. The van der Waals surface area contributed by atoms with Crippen molar-refractivity contribution in [1.29, 1.82) is 0 Å². The van der Waals surface area contributed by atoms with Crippen molar-refractivity contribution >= 4 is 11.8 Å². The molecule has 0 aromatic carbocycles. The summed E-state index contributed by atoms with van der Waals surface area (Å²) in [7, 11) is 0. The van der Waals surface area contributed by atoms with Crippen molar-refractivity contribution in [2.45, 2.75) is 32.7 Å². The van der Waals surface area contributed by atoms with Gasteiger partial charge in [-0.15, -0.1) is 0 Å². The zero-order valence-electron chi connectivity index (χ0n) is 10.0. The maximum atomic E-state index is 12.0. The van der Waals surface area contributed by atoms with Gasteiger partial charge in [0.15, 0.2) is 0 Å². The van der Waals surface area contributed by atoms with E-state index in [9.17, 15) is 9.59 Å². The van der Waals surface area contributed by atoms with Crippen molar-refractivity contribution in [3.8, 4) is 0 Å². The van der Waals surface area contributed by atoms with Gasteiger partial charge in [-0.1, -0.05) is 13.8 Å². The van der Waals surface area contributed by atoms with Crippen LogP contribution in [-0.4, -0.2) is 42.4 Å². The lowest BCUT2D eigenvalue weighted by molar-refractivity contribution is -0.137. The molecule has 2 amide bonds. The normalized spacial score (nSPS) is 20.1. The maximum absolute atomic E-state index is 12.0. The number of primary amides is 1. The van der Waals surface area contributed by atoms with E-state index < -0.39 is 5.91 Å². The van der Waals surface area contributed by atoms with Crippen LogP contribution in [0.4, 0.5) is 0 Å². The molecule has 0 aromatic heterocycles. The molecule has 0 aromatic rings. The van der Waals surface area contributed by atoms with Crippen LogP contribution in [-0.2, 0) is 9.59 Å². The van der Waals surface area contributed by atoms with Gasteiger partial charge in [0.25, 0.3) is 0 Å². The van der Waals surface area contributed by atoms with Gasteiger partial charge >= 0.3 is 0 Å². The Kier molecular flexibility index (Phi) is 4.73. The Morgan fingerprint density at radius 3 is 2.62 bits per heavy atom. The number of hydrogen-bond donors (Lipinski definition) is 2. The Balaban J connectivity index is 2.61. The number of hydrogen-bond acceptors (Lipinski definition) is 3. The fourth-order valence-electron chi connectivity index (χ4n) is 1.96. The first-order valence-corrected chi connectivity index (χ1v) is 5.79. The van der Waals surface area contributed by atoms with Gasteiger partial charge in [0.2, 0.25) is 11.8 Å². The minimum atomic E-state index is -0.441.